The van der Waals surface area contributed by atoms with Crippen LogP contribution in [0.5, 0.6) is 0 Å². The fourth-order valence-electron chi connectivity index (χ4n) is 4.26. The second kappa shape index (κ2) is 9.25. The van der Waals surface area contributed by atoms with E-state index in [1.54, 1.807) is 6.92 Å². The monoisotopic (exact) mass is 416 g/mol. The van der Waals surface area contributed by atoms with Crippen LogP contribution in [-0.4, -0.2) is 38.4 Å². The zero-order valence-electron chi connectivity index (χ0n) is 18.1. The third-order valence-electron chi connectivity index (χ3n) is 5.93. The molecule has 1 saturated heterocycles. The van der Waals surface area contributed by atoms with E-state index in [-0.39, 0.29) is 24.1 Å². The maximum Gasteiger partial charge on any atom is 0.348 e. The van der Waals surface area contributed by atoms with Gasteiger partial charge in [0.25, 0.3) is 0 Å². The first-order valence-corrected chi connectivity index (χ1v) is 10.8. The number of rotatable bonds is 5. The van der Waals surface area contributed by atoms with E-state index in [1.807, 2.05) is 42.3 Å². The third-order valence-corrected chi connectivity index (χ3v) is 5.93. The number of aryl methyl sites for hydroxylation is 2. The van der Waals surface area contributed by atoms with Gasteiger partial charge in [-0.2, -0.15) is 4.98 Å². The Kier molecular flexibility index (Phi) is 6.26. The molecule has 0 radical (unpaired) electrons. The summed E-state index contributed by atoms with van der Waals surface area (Å²) in [5.74, 6) is 0.179. The van der Waals surface area contributed by atoms with Crippen molar-refractivity contribution in [1.29, 1.82) is 0 Å². The van der Waals surface area contributed by atoms with Gasteiger partial charge in [-0.3, -0.25) is 14.3 Å². The van der Waals surface area contributed by atoms with Gasteiger partial charge in [0.15, 0.2) is 0 Å². The molecule has 1 fully saturated rings. The molecule has 0 bridgehead atoms. The van der Waals surface area contributed by atoms with Crippen molar-refractivity contribution < 1.29 is 4.79 Å². The van der Waals surface area contributed by atoms with Gasteiger partial charge in [0, 0.05) is 42.3 Å². The molecular weight excluding hydrogens is 388 g/mol. The molecule has 1 amide bonds. The summed E-state index contributed by atoms with van der Waals surface area (Å²) in [5.41, 5.74) is 4.54. The van der Waals surface area contributed by atoms with Gasteiger partial charge in [0.05, 0.1) is 0 Å². The maximum absolute atomic E-state index is 12.9. The van der Waals surface area contributed by atoms with E-state index < -0.39 is 0 Å². The first kappa shape index (κ1) is 21.0. The smallest absolute Gasteiger partial charge is 0.340 e. The minimum atomic E-state index is -0.366. The fraction of sp³-hybridized carbons (Fsp3) is 0.360. The number of hydrogen-bond donors (Lipinski definition) is 0. The predicted octanol–water partition coefficient (Wildman–Crippen LogP) is 3.25. The lowest BCUT2D eigenvalue weighted by molar-refractivity contribution is -0.133. The van der Waals surface area contributed by atoms with Gasteiger partial charge in [0.1, 0.15) is 6.54 Å². The average molecular weight is 417 g/mol. The summed E-state index contributed by atoms with van der Waals surface area (Å²) in [6.07, 6.45) is 4.76. The molecule has 0 saturated carbocycles. The van der Waals surface area contributed by atoms with Crippen LogP contribution >= 0.6 is 0 Å². The lowest BCUT2D eigenvalue weighted by Crippen LogP contribution is -2.43. The number of likely N-dealkylation sites (tertiary alicyclic amines) is 1. The van der Waals surface area contributed by atoms with Gasteiger partial charge < -0.3 is 4.90 Å². The summed E-state index contributed by atoms with van der Waals surface area (Å²) in [6.45, 7) is 5.01. The SMILES string of the molecule is Cc1cc(C)n(CC(=O)N2CCC[C@@H](c3ccc(Cc4ccccc4)cn3)C2)c(=O)n1. The summed E-state index contributed by atoms with van der Waals surface area (Å²) in [5, 5.41) is 0. The lowest BCUT2D eigenvalue weighted by atomic mass is 9.93. The van der Waals surface area contributed by atoms with E-state index >= 15 is 0 Å². The Hall–Kier alpha value is -3.28. The highest BCUT2D eigenvalue weighted by Crippen LogP contribution is 2.26. The molecule has 3 aromatic rings. The van der Waals surface area contributed by atoms with Crippen LogP contribution in [0.25, 0.3) is 0 Å². The number of carbonyl (C=O) groups is 1. The second-order valence-corrected chi connectivity index (χ2v) is 8.34. The minimum absolute atomic E-state index is 0.0358. The summed E-state index contributed by atoms with van der Waals surface area (Å²) in [4.78, 5) is 35.6. The van der Waals surface area contributed by atoms with Crippen LogP contribution in [0.1, 0.15) is 47.0 Å². The molecule has 6 nitrogen and oxygen atoms in total. The predicted molar refractivity (Wildman–Crippen MR) is 120 cm³/mol. The highest BCUT2D eigenvalue weighted by molar-refractivity contribution is 5.76. The van der Waals surface area contributed by atoms with Gasteiger partial charge in [-0.25, -0.2) is 4.79 Å². The number of amides is 1. The van der Waals surface area contributed by atoms with Crippen LogP contribution in [0.15, 0.2) is 59.5 Å². The van der Waals surface area contributed by atoms with Crippen molar-refractivity contribution in [3.8, 4) is 0 Å². The largest absolute Gasteiger partial charge is 0.348 e. The second-order valence-electron chi connectivity index (χ2n) is 8.34. The van der Waals surface area contributed by atoms with Crippen LogP contribution < -0.4 is 5.69 Å². The Morgan fingerprint density at radius 1 is 1.10 bits per heavy atom. The summed E-state index contributed by atoms with van der Waals surface area (Å²) < 4.78 is 1.45. The van der Waals surface area contributed by atoms with Crippen LogP contribution in [0.4, 0.5) is 0 Å². The van der Waals surface area contributed by atoms with Gasteiger partial charge in [0.2, 0.25) is 5.91 Å². The number of piperidine rings is 1. The Morgan fingerprint density at radius 2 is 1.90 bits per heavy atom. The number of carbonyl (C=O) groups excluding carboxylic acids is 1. The van der Waals surface area contributed by atoms with Gasteiger partial charge in [-0.05, 0) is 56.4 Å². The van der Waals surface area contributed by atoms with E-state index in [0.717, 1.165) is 30.7 Å². The van der Waals surface area contributed by atoms with Crippen molar-refractivity contribution in [3.63, 3.8) is 0 Å². The van der Waals surface area contributed by atoms with Crippen molar-refractivity contribution in [2.24, 2.45) is 0 Å². The fourth-order valence-corrected chi connectivity index (χ4v) is 4.26. The summed E-state index contributed by atoms with van der Waals surface area (Å²) in [7, 11) is 0. The molecule has 0 unspecified atom stereocenters. The van der Waals surface area contributed by atoms with E-state index in [4.69, 9.17) is 4.98 Å². The lowest BCUT2D eigenvalue weighted by Gasteiger charge is -2.33. The van der Waals surface area contributed by atoms with Crippen molar-refractivity contribution in [2.75, 3.05) is 13.1 Å². The van der Waals surface area contributed by atoms with Crippen molar-refractivity contribution in [1.82, 2.24) is 19.4 Å². The molecule has 1 aliphatic rings. The topological polar surface area (TPSA) is 68.1 Å². The molecule has 0 N–H and O–H groups in total. The molecule has 6 heteroatoms. The van der Waals surface area contributed by atoms with Crippen molar-refractivity contribution in [3.05, 3.63) is 93.4 Å². The maximum atomic E-state index is 12.9. The summed E-state index contributed by atoms with van der Waals surface area (Å²) in [6, 6.07) is 16.4. The van der Waals surface area contributed by atoms with Crippen LogP contribution in [-0.2, 0) is 17.8 Å². The molecule has 160 valence electrons. The Balaban J connectivity index is 1.41. The standard InChI is InChI=1S/C25H28N4O2/c1-18-13-19(2)29(25(31)27-18)17-24(30)28-12-6-9-22(16-28)23-11-10-21(15-26-23)14-20-7-4-3-5-8-20/h3-5,7-8,10-11,13,15,22H,6,9,12,14,16-17H2,1-2H3/t22-/m1/s1. The zero-order valence-corrected chi connectivity index (χ0v) is 18.1. The molecule has 1 aliphatic heterocycles. The first-order chi connectivity index (χ1) is 15.0. The Labute approximate surface area is 182 Å². The number of nitrogens with zero attached hydrogens (tertiary/aromatic N) is 4. The average Bonchev–Trinajstić information content (AvgIpc) is 2.77. The van der Waals surface area contributed by atoms with Gasteiger partial charge >= 0.3 is 5.69 Å². The molecular formula is C25H28N4O2. The van der Waals surface area contributed by atoms with Crippen molar-refractivity contribution in [2.45, 2.75) is 45.6 Å². The molecule has 0 spiro atoms. The first-order valence-electron chi connectivity index (χ1n) is 10.8. The highest BCUT2D eigenvalue weighted by Gasteiger charge is 2.26. The van der Waals surface area contributed by atoms with E-state index in [2.05, 4.69) is 29.2 Å². The van der Waals surface area contributed by atoms with Crippen LogP contribution in [0.2, 0.25) is 0 Å². The number of benzene rings is 1. The minimum Gasteiger partial charge on any atom is -0.340 e. The normalized spacial score (nSPS) is 16.3. The number of aromatic nitrogens is 3. The Morgan fingerprint density at radius 3 is 2.61 bits per heavy atom. The number of hydrogen-bond acceptors (Lipinski definition) is 4. The number of pyridine rings is 1. The molecule has 4 rings (SSSR count). The molecule has 3 heterocycles. The quantitative estimate of drug-likeness (QED) is 0.640. The molecule has 2 aromatic heterocycles. The third kappa shape index (κ3) is 5.08. The molecule has 1 aromatic carbocycles. The van der Waals surface area contributed by atoms with Crippen molar-refractivity contribution >= 4 is 5.91 Å². The van der Waals surface area contributed by atoms with E-state index in [0.29, 0.717) is 18.8 Å². The summed E-state index contributed by atoms with van der Waals surface area (Å²) >= 11 is 0. The highest BCUT2D eigenvalue weighted by atomic mass is 16.2. The molecule has 31 heavy (non-hydrogen) atoms. The van der Waals surface area contributed by atoms with Gasteiger partial charge in [-0.1, -0.05) is 36.4 Å². The van der Waals surface area contributed by atoms with Gasteiger partial charge in [-0.15, -0.1) is 0 Å². The molecule has 1 atom stereocenters. The van der Waals surface area contributed by atoms with Crippen LogP contribution in [0, 0.1) is 13.8 Å². The van der Waals surface area contributed by atoms with E-state index in [9.17, 15) is 9.59 Å². The van der Waals surface area contributed by atoms with Crippen LogP contribution in [0.3, 0.4) is 0 Å². The molecule has 0 aliphatic carbocycles. The van der Waals surface area contributed by atoms with E-state index in [1.165, 1.54) is 15.7 Å². The zero-order chi connectivity index (χ0) is 21.8. The Bertz CT molecular complexity index is 1110.